The molecule has 6 nitrogen and oxygen atoms in total. The molecule has 0 aliphatic heterocycles. The molecule has 1 amide bonds. The molecule has 21 heavy (non-hydrogen) atoms. The summed E-state index contributed by atoms with van der Waals surface area (Å²) in [6, 6.07) is 5.24. The third-order valence-corrected chi connectivity index (χ3v) is 3.26. The maximum atomic E-state index is 11.1. The molecule has 0 bridgehead atoms. The third kappa shape index (κ3) is 3.22. The summed E-state index contributed by atoms with van der Waals surface area (Å²) >= 11 is 5.93. The van der Waals surface area contributed by atoms with Crippen LogP contribution in [0, 0.1) is 0 Å². The van der Waals surface area contributed by atoms with E-state index >= 15 is 0 Å². The van der Waals surface area contributed by atoms with E-state index in [-0.39, 0.29) is 17.7 Å². The number of hydrogen-bond acceptors (Lipinski definition) is 5. The monoisotopic (exact) mass is 305 g/mol. The van der Waals surface area contributed by atoms with Crippen molar-refractivity contribution in [2.24, 2.45) is 0 Å². The van der Waals surface area contributed by atoms with Gasteiger partial charge in [0.1, 0.15) is 5.82 Å². The van der Waals surface area contributed by atoms with Crippen molar-refractivity contribution in [2.45, 2.75) is 20.3 Å². The summed E-state index contributed by atoms with van der Waals surface area (Å²) in [5, 5.41) is 3.01. The van der Waals surface area contributed by atoms with Crippen LogP contribution >= 0.6 is 11.6 Å². The van der Waals surface area contributed by atoms with Crippen molar-refractivity contribution in [2.75, 3.05) is 16.8 Å². The maximum Gasteiger partial charge on any atom is 0.231 e. The van der Waals surface area contributed by atoms with Crippen LogP contribution in [-0.2, 0) is 11.2 Å². The molecule has 0 aliphatic carbocycles. The van der Waals surface area contributed by atoms with Crippen LogP contribution in [0.15, 0.2) is 18.2 Å². The number of nitrogens with two attached hydrogens (primary N) is 2. The Morgan fingerprint density at radius 1 is 1.33 bits per heavy atom. The smallest absolute Gasteiger partial charge is 0.231 e. The molecule has 0 unspecified atom stereocenters. The lowest BCUT2D eigenvalue weighted by molar-refractivity contribution is -0.114. The second-order valence-electron chi connectivity index (χ2n) is 4.53. The number of aryl methyl sites for hydroxylation is 1. The number of amides is 1. The molecule has 1 aromatic carbocycles. The Kier molecular flexibility index (Phi) is 4.28. The Labute approximate surface area is 127 Å². The van der Waals surface area contributed by atoms with Crippen molar-refractivity contribution >= 4 is 35.0 Å². The minimum Gasteiger partial charge on any atom is -0.398 e. The van der Waals surface area contributed by atoms with E-state index in [1.165, 1.54) is 6.92 Å². The van der Waals surface area contributed by atoms with Crippen LogP contribution < -0.4 is 16.8 Å². The van der Waals surface area contributed by atoms with Crippen LogP contribution in [0.2, 0.25) is 5.02 Å². The summed E-state index contributed by atoms with van der Waals surface area (Å²) in [4.78, 5) is 19.5. The topological polar surface area (TPSA) is 107 Å². The molecule has 0 saturated carbocycles. The van der Waals surface area contributed by atoms with Crippen LogP contribution in [0.25, 0.3) is 11.1 Å². The number of rotatable bonds is 3. The highest BCUT2D eigenvalue weighted by Crippen LogP contribution is 2.32. The van der Waals surface area contributed by atoms with Crippen molar-refractivity contribution in [1.29, 1.82) is 0 Å². The van der Waals surface area contributed by atoms with Crippen molar-refractivity contribution in [3.05, 3.63) is 28.9 Å². The second kappa shape index (κ2) is 5.97. The van der Waals surface area contributed by atoms with Gasteiger partial charge in [0.15, 0.2) is 0 Å². The molecule has 0 atom stereocenters. The Morgan fingerprint density at radius 3 is 2.62 bits per heavy atom. The molecular formula is C14H16ClN5O. The number of carbonyl (C=O) groups excluding carboxylic acids is 1. The molecule has 0 saturated heterocycles. The summed E-state index contributed by atoms with van der Waals surface area (Å²) in [6.45, 7) is 3.33. The van der Waals surface area contributed by atoms with Gasteiger partial charge in [-0.25, -0.2) is 4.98 Å². The van der Waals surface area contributed by atoms with Gasteiger partial charge in [0.2, 0.25) is 11.9 Å². The van der Waals surface area contributed by atoms with Crippen molar-refractivity contribution in [1.82, 2.24) is 9.97 Å². The molecular weight excluding hydrogens is 290 g/mol. The molecule has 0 aliphatic rings. The predicted molar refractivity (Wildman–Crippen MR) is 85.0 cm³/mol. The number of anilines is 3. The number of halogens is 1. The standard InChI is InChI=1S/C14H16ClN5O/c1-3-11-12(8-4-5-9(15)10(16)6-8)13(17)20-14(19-11)18-7(2)21/h4-6H,3,16H2,1-2H3,(H3,17,18,19,20,21). The Hall–Kier alpha value is -2.34. The molecule has 0 fully saturated rings. The van der Waals surface area contributed by atoms with Crippen LogP contribution in [-0.4, -0.2) is 15.9 Å². The lowest BCUT2D eigenvalue weighted by Crippen LogP contribution is -2.12. The Morgan fingerprint density at radius 2 is 2.05 bits per heavy atom. The first kappa shape index (κ1) is 15.1. The van der Waals surface area contributed by atoms with Gasteiger partial charge in [-0.15, -0.1) is 0 Å². The number of hydrogen-bond donors (Lipinski definition) is 3. The fourth-order valence-electron chi connectivity index (χ4n) is 2.01. The molecule has 1 heterocycles. The summed E-state index contributed by atoms with van der Waals surface area (Å²) in [5.41, 5.74) is 14.5. The zero-order chi connectivity index (χ0) is 15.6. The van der Waals surface area contributed by atoms with Gasteiger partial charge < -0.3 is 11.5 Å². The van der Waals surface area contributed by atoms with E-state index in [0.29, 0.717) is 22.7 Å². The lowest BCUT2D eigenvalue weighted by Gasteiger charge is -2.13. The molecule has 2 rings (SSSR count). The van der Waals surface area contributed by atoms with E-state index in [4.69, 9.17) is 23.1 Å². The molecule has 5 N–H and O–H groups in total. The van der Waals surface area contributed by atoms with Gasteiger partial charge in [-0.2, -0.15) is 4.98 Å². The molecule has 0 radical (unpaired) electrons. The highest BCUT2D eigenvalue weighted by molar-refractivity contribution is 6.33. The highest BCUT2D eigenvalue weighted by Gasteiger charge is 2.14. The highest BCUT2D eigenvalue weighted by atomic mass is 35.5. The summed E-state index contributed by atoms with van der Waals surface area (Å²) in [6.07, 6.45) is 0.636. The summed E-state index contributed by atoms with van der Waals surface area (Å²) < 4.78 is 0. The Balaban J connectivity index is 2.57. The predicted octanol–water partition coefficient (Wildman–Crippen LogP) is 2.48. The summed E-state index contributed by atoms with van der Waals surface area (Å²) in [5.74, 6) is 0.231. The van der Waals surface area contributed by atoms with E-state index in [1.54, 1.807) is 12.1 Å². The first-order valence-corrected chi connectivity index (χ1v) is 6.79. The van der Waals surface area contributed by atoms with E-state index in [1.807, 2.05) is 13.0 Å². The number of carbonyl (C=O) groups is 1. The number of benzene rings is 1. The van der Waals surface area contributed by atoms with E-state index in [0.717, 1.165) is 11.3 Å². The molecule has 1 aromatic heterocycles. The fraction of sp³-hybridized carbons (Fsp3) is 0.214. The van der Waals surface area contributed by atoms with Gasteiger partial charge in [0.05, 0.1) is 16.4 Å². The quantitative estimate of drug-likeness (QED) is 0.755. The number of nitrogens with zero attached hydrogens (tertiary/aromatic N) is 2. The SMILES string of the molecule is CCc1nc(NC(C)=O)nc(N)c1-c1ccc(Cl)c(N)c1. The van der Waals surface area contributed by atoms with Crippen molar-refractivity contribution in [3.8, 4) is 11.1 Å². The number of nitrogen functional groups attached to an aromatic ring is 2. The van der Waals surface area contributed by atoms with Gasteiger partial charge >= 0.3 is 0 Å². The van der Waals surface area contributed by atoms with Crippen LogP contribution in [0.1, 0.15) is 19.5 Å². The van der Waals surface area contributed by atoms with E-state index in [2.05, 4.69) is 15.3 Å². The fourth-order valence-corrected chi connectivity index (χ4v) is 2.13. The largest absolute Gasteiger partial charge is 0.398 e. The molecule has 110 valence electrons. The average Bonchev–Trinajstić information content (AvgIpc) is 2.40. The minimum atomic E-state index is -0.250. The lowest BCUT2D eigenvalue weighted by atomic mass is 10.0. The number of nitrogens with one attached hydrogen (secondary N) is 1. The van der Waals surface area contributed by atoms with Gasteiger partial charge in [-0.05, 0) is 24.1 Å². The Bertz CT molecular complexity index is 702. The van der Waals surface area contributed by atoms with Crippen molar-refractivity contribution < 1.29 is 4.79 Å². The van der Waals surface area contributed by atoms with Gasteiger partial charge in [-0.1, -0.05) is 24.6 Å². The van der Waals surface area contributed by atoms with Crippen molar-refractivity contribution in [3.63, 3.8) is 0 Å². The first-order valence-electron chi connectivity index (χ1n) is 6.41. The van der Waals surface area contributed by atoms with Crippen LogP contribution in [0.5, 0.6) is 0 Å². The van der Waals surface area contributed by atoms with Crippen LogP contribution in [0.4, 0.5) is 17.5 Å². The second-order valence-corrected chi connectivity index (χ2v) is 4.93. The van der Waals surface area contributed by atoms with Gasteiger partial charge in [-0.3, -0.25) is 10.1 Å². The molecule has 0 spiro atoms. The molecule has 2 aromatic rings. The van der Waals surface area contributed by atoms with Gasteiger partial charge in [0.25, 0.3) is 0 Å². The summed E-state index contributed by atoms with van der Waals surface area (Å²) in [7, 11) is 0. The third-order valence-electron chi connectivity index (χ3n) is 2.92. The normalized spacial score (nSPS) is 10.4. The zero-order valence-electron chi connectivity index (χ0n) is 11.8. The first-order chi connectivity index (χ1) is 9.92. The van der Waals surface area contributed by atoms with E-state index in [9.17, 15) is 4.79 Å². The van der Waals surface area contributed by atoms with E-state index < -0.39 is 0 Å². The number of aromatic nitrogens is 2. The van der Waals surface area contributed by atoms with Gasteiger partial charge in [0, 0.05) is 12.5 Å². The maximum absolute atomic E-state index is 11.1. The average molecular weight is 306 g/mol. The minimum absolute atomic E-state index is 0.197. The molecule has 7 heteroatoms. The zero-order valence-corrected chi connectivity index (χ0v) is 12.5. The van der Waals surface area contributed by atoms with Crippen LogP contribution in [0.3, 0.4) is 0 Å².